The van der Waals surface area contributed by atoms with Gasteiger partial charge in [-0.1, -0.05) is 17.7 Å². The molecule has 0 unspecified atom stereocenters. The molecule has 0 saturated heterocycles. The Hall–Kier alpha value is -2.34. The highest BCUT2D eigenvalue weighted by Gasteiger charge is 2.12. The first-order chi connectivity index (χ1) is 10.5. The van der Waals surface area contributed by atoms with Gasteiger partial charge in [0, 0.05) is 11.9 Å². The highest BCUT2D eigenvalue weighted by Crippen LogP contribution is 2.21. The predicted molar refractivity (Wildman–Crippen MR) is 82.8 cm³/mol. The van der Waals surface area contributed by atoms with Crippen LogP contribution in [-0.2, 0) is 0 Å². The molecule has 0 radical (unpaired) electrons. The van der Waals surface area contributed by atoms with Crippen molar-refractivity contribution < 1.29 is 13.9 Å². The number of hydrogen-bond acceptors (Lipinski definition) is 3. The van der Waals surface area contributed by atoms with Crippen LogP contribution < -0.4 is 15.4 Å². The van der Waals surface area contributed by atoms with Gasteiger partial charge in [0.15, 0.2) is 11.6 Å². The zero-order valence-corrected chi connectivity index (χ0v) is 12.8. The van der Waals surface area contributed by atoms with Crippen molar-refractivity contribution in [3.63, 3.8) is 0 Å². The van der Waals surface area contributed by atoms with Crippen LogP contribution in [0.25, 0.3) is 0 Å². The molecule has 2 rings (SSSR count). The van der Waals surface area contributed by atoms with Gasteiger partial charge in [0.25, 0.3) is 0 Å². The van der Waals surface area contributed by atoms with Gasteiger partial charge in [-0.05, 0) is 36.8 Å². The number of carbonyl (C=O) groups excluding carboxylic acids is 1. The van der Waals surface area contributed by atoms with E-state index in [2.05, 4.69) is 15.6 Å². The highest BCUT2D eigenvalue weighted by molar-refractivity contribution is 6.29. The summed E-state index contributed by atoms with van der Waals surface area (Å²) >= 11 is 5.74. The number of methoxy groups -OCH3 is 1. The average Bonchev–Trinajstić information content (AvgIpc) is 2.46. The van der Waals surface area contributed by atoms with Crippen molar-refractivity contribution in [3.8, 4) is 5.75 Å². The number of pyridine rings is 1. The first kappa shape index (κ1) is 16.0. The quantitative estimate of drug-likeness (QED) is 0.842. The average molecular weight is 324 g/mol. The molecule has 2 aromatic rings. The number of carbonyl (C=O) groups is 1. The molecule has 5 nitrogen and oxygen atoms in total. The number of nitrogens with zero attached hydrogens (tertiary/aromatic N) is 1. The predicted octanol–water partition coefficient (Wildman–Crippen LogP) is 3.77. The van der Waals surface area contributed by atoms with Gasteiger partial charge in [0.05, 0.1) is 13.2 Å². The molecule has 1 aromatic carbocycles. The van der Waals surface area contributed by atoms with Crippen molar-refractivity contribution in [1.82, 2.24) is 10.3 Å². The van der Waals surface area contributed by atoms with Crippen LogP contribution in [0, 0.1) is 5.82 Å². The fourth-order valence-corrected chi connectivity index (χ4v) is 2.05. The van der Waals surface area contributed by atoms with E-state index in [1.165, 1.54) is 31.5 Å². The second-order valence-corrected chi connectivity index (χ2v) is 4.97. The van der Waals surface area contributed by atoms with E-state index < -0.39 is 11.8 Å². The van der Waals surface area contributed by atoms with Crippen molar-refractivity contribution in [2.45, 2.75) is 13.0 Å². The molecule has 0 fully saturated rings. The van der Waals surface area contributed by atoms with Crippen LogP contribution in [0.5, 0.6) is 5.75 Å². The Morgan fingerprint density at radius 3 is 2.77 bits per heavy atom. The first-order valence-corrected chi connectivity index (χ1v) is 6.90. The van der Waals surface area contributed by atoms with Crippen LogP contribution in [0.3, 0.4) is 0 Å². The van der Waals surface area contributed by atoms with Gasteiger partial charge in [0.1, 0.15) is 5.15 Å². The van der Waals surface area contributed by atoms with Crippen molar-refractivity contribution in [2.24, 2.45) is 0 Å². The maximum absolute atomic E-state index is 13.7. The Labute approximate surface area is 132 Å². The van der Waals surface area contributed by atoms with E-state index in [0.29, 0.717) is 11.3 Å². The molecule has 0 spiro atoms. The van der Waals surface area contributed by atoms with Gasteiger partial charge in [-0.15, -0.1) is 0 Å². The van der Waals surface area contributed by atoms with Gasteiger partial charge in [0.2, 0.25) is 0 Å². The second kappa shape index (κ2) is 7.09. The minimum Gasteiger partial charge on any atom is -0.494 e. The second-order valence-electron chi connectivity index (χ2n) is 4.58. The molecule has 22 heavy (non-hydrogen) atoms. The Morgan fingerprint density at radius 1 is 1.36 bits per heavy atom. The fourth-order valence-electron chi connectivity index (χ4n) is 1.88. The lowest BCUT2D eigenvalue weighted by Crippen LogP contribution is -2.31. The normalized spacial score (nSPS) is 11.6. The topological polar surface area (TPSA) is 63.2 Å². The number of benzene rings is 1. The largest absolute Gasteiger partial charge is 0.494 e. The Bertz CT molecular complexity index is 682. The van der Waals surface area contributed by atoms with E-state index in [1.54, 1.807) is 19.1 Å². The lowest BCUT2D eigenvalue weighted by Gasteiger charge is -2.16. The summed E-state index contributed by atoms with van der Waals surface area (Å²) in [5.74, 6) is -0.318. The van der Waals surface area contributed by atoms with Crippen LogP contribution in [0.4, 0.5) is 14.9 Å². The maximum Gasteiger partial charge on any atom is 0.319 e. The molecule has 116 valence electrons. The number of anilines is 1. The van der Waals surface area contributed by atoms with Crippen LogP contribution in [-0.4, -0.2) is 18.1 Å². The Morgan fingerprint density at radius 2 is 2.14 bits per heavy atom. The SMILES string of the molecule is COc1ccc([C@@H](C)NC(=O)Nc2ccnc(Cl)c2)cc1F. The molecule has 0 aliphatic heterocycles. The van der Waals surface area contributed by atoms with Gasteiger partial charge < -0.3 is 15.4 Å². The molecule has 0 aliphatic carbocycles. The minimum absolute atomic E-state index is 0.159. The van der Waals surface area contributed by atoms with E-state index in [1.807, 2.05) is 0 Å². The van der Waals surface area contributed by atoms with Crippen molar-refractivity contribution >= 4 is 23.3 Å². The molecule has 1 aromatic heterocycles. The Balaban J connectivity index is 2.00. The summed E-state index contributed by atoms with van der Waals surface area (Å²) in [6.07, 6.45) is 1.49. The standard InChI is InChI=1S/C15H15ClFN3O2/c1-9(10-3-4-13(22-2)12(17)7-10)19-15(21)20-11-5-6-18-14(16)8-11/h3-9H,1-2H3,(H2,18,19,20,21)/t9-/m1/s1. The zero-order valence-electron chi connectivity index (χ0n) is 12.1. The van der Waals surface area contributed by atoms with Gasteiger partial charge in [-0.25, -0.2) is 14.2 Å². The molecule has 0 saturated carbocycles. The number of ether oxygens (including phenoxy) is 1. The third-order valence-corrected chi connectivity index (χ3v) is 3.21. The summed E-state index contributed by atoms with van der Waals surface area (Å²) in [5, 5.41) is 5.62. The fraction of sp³-hybridized carbons (Fsp3) is 0.200. The monoisotopic (exact) mass is 323 g/mol. The summed E-state index contributed by atoms with van der Waals surface area (Å²) in [5.41, 5.74) is 1.15. The van der Waals surface area contributed by atoms with Gasteiger partial charge in [-0.3, -0.25) is 0 Å². The maximum atomic E-state index is 13.7. The lowest BCUT2D eigenvalue weighted by atomic mass is 10.1. The van der Waals surface area contributed by atoms with E-state index in [4.69, 9.17) is 16.3 Å². The third-order valence-electron chi connectivity index (χ3n) is 3.01. The molecular formula is C15H15ClFN3O2. The van der Waals surface area contributed by atoms with Crippen molar-refractivity contribution in [1.29, 1.82) is 0 Å². The van der Waals surface area contributed by atoms with E-state index in [9.17, 15) is 9.18 Å². The molecule has 1 atom stereocenters. The van der Waals surface area contributed by atoms with E-state index >= 15 is 0 Å². The molecule has 7 heteroatoms. The molecule has 2 N–H and O–H groups in total. The van der Waals surface area contributed by atoms with Crippen molar-refractivity contribution in [3.05, 3.63) is 53.1 Å². The van der Waals surface area contributed by atoms with E-state index in [-0.39, 0.29) is 16.9 Å². The van der Waals surface area contributed by atoms with Crippen LogP contribution in [0.15, 0.2) is 36.5 Å². The van der Waals surface area contributed by atoms with Crippen LogP contribution >= 0.6 is 11.6 Å². The minimum atomic E-state index is -0.477. The van der Waals surface area contributed by atoms with Crippen molar-refractivity contribution in [2.75, 3.05) is 12.4 Å². The lowest BCUT2D eigenvalue weighted by molar-refractivity contribution is 0.249. The molecule has 0 bridgehead atoms. The summed E-state index contributed by atoms with van der Waals surface area (Å²) in [6.45, 7) is 1.75. The van der Waals surface area contributed by atoms with E-state index in [0.717, 1.165) is 0 Å². The Kier molecular flexibility index (Phi) is 5.16. The van der Waals surface area contributed by atoms with Gasteiger partial charge in [-0.2, -0.15) is 0 Å². The third kappa shape index (κ3) is 4.08. The number of hydrogen-bond donors (Lipinski definition) is 2. The number of amides is 2. The molecule has 0 aliphatic rings. The summed E-state index contributed by atoms with van der Waals surface area (Å²) < 4.78 is 18.5. The molecular weight excluding hydrogens is 309 g/mol. The number of aromatic nitrogens is 1. The smallest absolute Gasteiger partial charge is 0.319 e. The number of urea groups is 1. The first-order valence-electron chi connectivity index (χ1n) is 6.52. The molecule has 2 amide bonds. The zero-order chi connectivity index (χ0) is 16.1. The van der Waals surface area contributed by atoms with Crippen LogP contribution in [0.2, 0.25) is 5.15 Å². The highest BCUT2D eigenvalue weighted by atomic mass is 35.5. The molecule has 1 heterocycles. The summed E-state index contributed by atoms with van der Waals surface area (Å²) in [4.78, 5) is 15.7. The number of nitrogens with one attached hydrogen (secondary N) is 2. The summed E-state index contributed by atoms with van der Waals surface area (Å²) in [6, 6.07) is 6.87. The van der Waals surface area contributed by atoms with Gasteiger partial charge >= 0.3 is 6.03 Å². The summed E-state index contributed by atoms with van der Waals surface area (Å²) in [7, 11) is 1.40. The number of halogens is 2. The number of rotatable bonds is 4. The van der Waals surface area contributed by atoms with Crippen LogP contribution in [0.1, 0.15) is 18.5 Å².